The molecule has 7 nitrogen and oxygen atoms in total. The quantitative estimate of drug-likeness (QED) is 0.567. The molecule has 1 unspecified atom stereocenters. The van der Waals surface area contributed by atoms with Crippen molar-refractivity contribution >= 4 is 17.8 Å². The second-order valence-electron chi connectivity index (χ2n) is 4.51. The molecule has 0 radical (unpaired) electrons. The molecule has 2 atom stereocenters. The zero-order chi connectivity index (χ0) is 14.5. The van der Waals surface area contributed by atoms with Crippen molar-refractivity contribution < 1.29 is 19.5 Å². The van der Waals surface area contributed by atoms with Gasteiger partial charge in [-0.05, 0) is 12.8 Å². The fourth-order valence-electron chi connectivity index (χ4n) is 1.09. The Hall–Kier alpha value is -1.63. The number of nitrogens with one attached hydrogen (secondary N) is 1. The summed E-state index contributed by atoms with van der Waals surface area (Å²) in [6, 6.07) is -1.62. The van der Waals surface area contributed by atoms with Gasteiger partial charge in [-0.1, -0.05) is 13.8 Å². The first-order chi connectivity index (χ1) is 8.18. The fourth-order valence-corrected chi connectivity index (χ4v) is 1.09. The lowest BCUT2D eigenvalue weighted by atomic mass is 10.1. The minimum atomic E-state index is -1.10. The van der Waals surface area contributed by atoms with Crippen LogP contribution >= 0.6 is 0 Å². The average Bonchev–Trinajstić information content (AvgIpc) is 2.32. The first kappa shape index (κ1) is 16.4. The van der Waals surface area contributed by atoms with E-state index in [1.807, 2.05) is 0 Å². The Balaban J connectivity index is 4.27. The smallest absolute Gasteiger partial charge is 0.326 e. The molecule has 2 amide bonds. The van der Waals surface area contributed by atoms with Gasteiger partial charge in [0.25, 0.3) is 0 Å². The summed E-state index contributed by atoms with van der Waals surface area (Å²) >= 11 is 0. The number of likely N-dealkylation sites (N-methyl/N-ethyl adjacent to an activating group) is 1. The zero-order valence-corrected chi connectivity index (χ0v) is 11.1. The van der Waals surface area contributed by atoms with Crippen molar-refractivity contribution in [3.05, 3.63) is 0 Å². The molecule has 0 aromatic heterocycles. The molecule has 0 aromatic rings. The van der Waals surface area contributed by atoms with Crippen molar-refractivity contribution in [3.63, 3.8) is 0 Å². The van der Waals surface area contributed by atoms with Crippen LogP contribution in [0.15, 0.2) is 0 Å². The number of carboxylic acids is 1. The van der Waals surface area contributed by atoms with E-state index in [-0.39, 0.29) is 12.5 Å². The standard InChI is InChI=1S/C11H21N3O4/c1-6(2)9(12)10(16)13-5-8(15)14(4)7(3)11(17)18/h6-7,9H,5,12H2,1-4H3,(H,13,16)(H,17,18)/t7?,9-/m0/s1. The summed E-state index contributed by atoms with van der Waals surface area (Å²) in [7, 11) is 1.37. The van der Waals surface area contributed by atoms with Gasteiger partial charge in [-0.2, -0.15) is 0 Å². The van der Waals surface area contributed by atoms with E-state index in [0.29, 0.717) is 0 Å². The van der Waals surface area contributed by atoms with Crippen molar-refractivity contribution in [3.8, 4) is 0 Å². The van der Waals surface area contributed by atoms with Crippen molar-refractivity contribution in [2.24, 2.45) is 11.7 Å². The van der Waals surface area contributed by atoms with E-state index in [2.05, 4.69) is 5.32 Å². The maximum Gasteiger partial charge on any atom is 0.326 e. The third kappa shape index (κ3) is 4.70. The van der Waals surface area contributed by atoms with Gasteiger partial charge >= 0.3 is 5.97 Å². The predicted octanol–water partition coefficient (Wildman–Crippen LogP) is -0.983. The minimum absolute atomic E-state index is 0.0317. The maximum atomic E-state index is 11.6. The van der Waals surface area contributed by atoms with E-state index in [1.54, 1.807) is 13.8 Å². The molecule has 0 aromatic carbocycles. The molecule has 0 fully saturated rings. The average molecular weight is 259 g/mol. The topological polar surface area (TPSA) is 113 Å². The number of hydrogen-bond acceptors (Lipinski definition) is 4. The third-order valence-electron chi connectivity index (χ3n) is 2.77. The van der Waals surface area contributed by atoms with Crippen LogP contribution in [-0.4, -0.2) is 53.5 Å². The van der Waals surface area contributed by atoms with E-state index in [9.17, 15) is 14.4 Å². The number of carbonyl (C=O) groups excluding carboxylic acids is 2. The highest BCUT2D eigenvalue weighted by molar-refractivity contribution is 5.89. The molecular formula is C11H21N3O4. The number of rotatable bonds is 6. The van der Waals surface area contributed by atoms with Crippen LogP contribution < -0.4 is 11.1 Å². The highest BCUT2D eigenvalue weighted by Crippen LogP contribution is 1.99. The number of carbonyl (C=O) groups is 3. The van der Waals surface area contributed by atoms with Gasteiger partial charge in [0.1, 0.15) is 6.04 Å². The Morgan fingerprint density at radius 2 is 1.78 bits per heavy atom. The molecule has 0 aliphatic rings. The van der Waals surface area contributed by atoms with Gasteiger partial charge in [-0.3, -0.25) is 9.59 Å². The zero-order valence-electron chi connectivity index (χ0n) is 11.1. The summed E-state index contributed by atoms with van der Waals surface area (Å²) in [6.07, 6.45) is 0. The van der Waals surface area contributed by atoms with Gasteiger partial charge < -0.3 is 21.1 Å². The van der Waals surface area contributed by atoms with Crippen molar-refractivity contribution in [1.82, 2.24) is 10.2 Å². The van der Waals surface area contributed by atoms with Crippen LogP contribution in [0.4, 0.5) is 0 Å². The summed E-state index contributed by atoms with van der Waals surface area (Å²) in [5.41, 5.74) is 5.60. The Kier molecular flexibility index (Phi) is 6.32. The third-order valence-corrected chi connectivity index (χ3v) is 2.77. The molecule has 0 aliphatic heterocycles. The lowest BCUT2D eigenvalue weighted by Gasteiger charge is -2.22. The first-order valence-electron chi connectivity index (χ1n) is 5.70. The van der Waals surface area contributed by atoms with Crippen molar-refractivity contribution in [2.75, 3.05) is 13.6 Å². The van der Waals surface area contributed by atoms with Crippen molar-refractivity contribution in [1.29, 1.82) is 0 Å². The monoisotopic (exact) mass is 259 g/mol. The van der Waals surface area contributed by atoms with Gasteiger partial charge in [0, 0.05) is 7.05 Å². The van der Waals surface area contributed by atoms with Gasteiger partial charge in [-0.25, -0.2) is 4.79 Å². The van der Waals surface area contributed by atoms with Gasteiger partial charge in [0.15, 0.2) is 0 Å². The Morgan fingerprint density at radius 3 is 2.17 bits per heavy atom. The normalized spacial score (nSPS) is 13.9. The Morgan fingerprint density at radius 1 is 1.28 bits per heavy atom. The van der Waals surface area contributed by atoms with Crippen molar-refractivity contribution in [2.45, 2.75) is 32.9 Å². The summed E-state index contributed by atoms with van der Waals surface area (Å²) in [5.74, 6) is -2.03. The van der Waals surface area contributed by atoms with Crippen LogP contribution in [0, 0.1) is 5.92 Å². The lowest BCUT2D eigenvalue weighted by Crippen LogP contribution is -2.49. The predicted molar refractivity (Wildman–Crippen MR) is 65.7 cm³/mol. The second kappa shape index (κ2) is 6.95. The highest BCUT2D eigenvalue weighted by atomic mass is 16.4. The molecule has 0 saturated carbocycles. The van der Waals surface area contributed by atoms with Gasteiger partial charge in [-0.15, -0.1) is 0 Å². The number of aliphatic carboxylic acids is 1. The molecule has 0 heterocycles. The number of nitrogens with zero attached hydrogens (tertiary/aromatic N) is 1. The number of carboxylic acid groups (broad SMARTS) is 1. The molecule has 0 bridgehead atoms. The summed E-state index contributed by atoms with van der Waals surface area (Å²) in [5, 5.41) is 11.1. The molecule has 0 aliphatic carbocycles. The van der Waals surface area contributed by atoms with E-state index in [4.69, 9.17) is 10.8 Å². The molecule has 4 N–H and O–H groups in total. The summed E-state index contributed by atoms with van der Waals surface area (Å²) in [4.78, 5) is 34.8. The molecular weight excluding hydrogens is 238 g/mol. The maximum absolute atomic E-state index is 11.6. The highest BCUT2D eigenvalue weighted by Gasteiger charge is 2.23. The van der Waals surface area contributed by atoms with Gasteiger partial charge in [0.2, 0.25) is 11.8 Å². The van der Waals surface area contributed by atoms with Crippen LogP contribution in [0.2, 0.25) is 0 Å². The van der Waals surface area contributed by atoms with Crippen LogP contribution in [0.1, 0.15) is 20.8 Å². The van der Waals surface area contributed by atoms with E-state index in [1.165, 1.54) is 14.0 Å². The fraction of sp³-hybridized carbons (Fsp3) is 0.727. The SMILES string of the molecule is CC(C)[C@H](N)C(=O)NCC(=O)N(C)C(C)C(=O)O. The summed E-state index contributed by atoms with van der Waals surface area (Å²) < 4.78 is 0. The first-order valence-corrected chi connectivity index (χ1v) is 5.70. The van der Waals surface area contributed by atoms with Gasteiger partial charge in [0.05, 0.1) is 12.6 Å². The van der Waals surface area contributed by atoms with Crippen LogP contribution in [0.3, 0.4) is 0 Å². The molecule has 0 saturated heterocycles. The molecule has 0 rings (SSSR count). The molecule has 18 heavy (non-hydrogen) atoms. The number of nitrogens with two attached hydrogens (primary N) is 1. The Bertz CT molecular complexity index is 330. The van der Waals surface area contributed by atoms with E-state index in [0.717, 1.165) is 4.90 Å². The van der Waals surface area contributed by atoms with Crippen LogP contribution in [0.25, 0.3) is 0 Å². The van der Waals surface area contributed by atoms with E-state index < -0.39 is 29.9 Å². The number of amides is 2. The lowest BCUT2D eigenvalue weighted by molar-refractivity contribution is -0.148. The van der Waals surface area contributed by atoms with E-state index >= 15 is 0 Å². The number of hydrogen-bond donors (Lipinski definition) is 3. The Labute approximate surface area is 106 Å². The molecule has 7 heteroatoms. The van der Waals surface area contributed by atoms with Crippen LogP contribution in [0.5, 0.6) is 0 Å². The largest absolute Gasteiger partial charge is 0.480 e. The minimum Gasteiger partial charge on any atom is -0.480 e. The van der Waals surface area contributed by atoms with Crippen LogP contribution in [-0.2, 0) is 14.4 Å². The second-order valence-corrected chi connectivity index (χ2v) is 4.51. The molecule has 104 valence electrons. The summed E-state index contributed by atoms with van der Waals surface area (Å²) in [6.45, 7) is 4.73. The molecule has 0 spiro atoms.